The molecule has 208 valence electrons. The van der Waals surface area contributed by atoms with E-state index in [4.69, 9.17) is 0 Å². The molecule has 3 aromatic rings. The van der Waals surface area contributed by atoms with Gasteiger partial charge in [-0.05, 0) is 49.3 Å². The van der Waals surface area contributed by atoms with E-state index in [1.165, 1.54) is 22.9 Å². The molecule has 0 saturated carbocycles. The van der Waals surface area contributed by atoms with Crippen molar-refractivity contribution >= 4 is 5.91 Å². The molecule has 4 heterocycles. The molecule has 5 rings (SSSR count). The van der Waals surface area contributed by atoms with Crippen molar-refractivity contribution in [3.8, 4) is 0 Å². The molecular formula is C26H27F5N6O2. The normalized spacial score (nSPS) is 20.5. The lowest BCUT2D eigenvalue weighted by Gasteiger charge is -2.32. The SMILES string of the molecule is O=C(CC1CCC(c2cccc(F)c2F)Cn2c(CC(F)(F)F)nnc21)N1CCC(c2ccn[nH]c2=O)CC1. The van der Waals surface area contributed by atoms with Crippen LogP contribution in [-0.2, 0) is 17.8 Å². The lowest BCUT2D eigenvalue weighted by atomic mass is 9.88. The fourth-order valence-corrected chi connectivity index (χ4v) is 5.74. The molecule has 13 heteroatoms. The fraction of sp³-hybridized carbons (Fsp3) is 0.500. The molecule has 2 atom stereocenters. The van der Waals surface area contributed by atoms with Gasteiger partial charge in [0, 0.05) is 49.7 Å². The summed E-state index contributed by atoms with van der Waals surface area (Å²) in [6.07, 6.45) is -2.47. The third-order valence-electron chi connectivity index (χ3n) is 7.73. The molecule has 2 unspecified atom stereocenters. The summed E-state index contributed by atoms with van der Waals surface area (Å²) in [7, 11) is 0. The van der Waals surface area contributed by atoms with Crippen molar-refractivity contribution in [1.82, 2.24) is 29.9 Å². The zero-order valence-corrected chi connectivity index (χ0v) is 20.9. The highest BCUT2D eigenvalue weighted by Crippen LogP contribution is 2.38. The van der Waals surface area contributed by atoms with Crippen molar-refractivity contribution in [2.45, 2.75) is 69.0 Å². The maximum Gasteiger partial charge on any atom is 0.396 e. The van der Waals surface area contributed by atoms with E-state index >= 15 is 0 Å². The predicted molar refractivity (Wildman–Crippen MR) is 129 cm³/mol. The maximum atomic E-state index is 14.6. The van der Waals surface area contributed by atoms with E-state index in [1.54, 1.807) is 11.0 Å². The quantitative estimate of drug-likeness (QED) is 0.481. The number of benzene rings is 1. The number of halogens is 5. The van der Waals surface area contributed by atoms with Crippen LogP contribution in [-0.4, -0.2) is 55.0 Å². The van der Waals surface area contributed by atoms with Crippen LogP contribution >= 0.6 is 0 Å². The summed E-state index contributed by atoms with van der Waals surface area (Å²) in [6.45, 7) is 0.812. The van der Waals surface area contributed by atoms with Gasteiger partial charge in [-0.15, -0.1) is 10.2 Å². The molecule has 39 heavy (non-hydrogen) atoms. The molecule has 1 aromatic carbocycles. The molecule has 0 spiro atoms. The van der Waals surface area contributed by atoms with Crippen LogP contribution in [0.5, 0.6) is 0 Å². The van der Waals surface area contributed by atoms with Gasteiger partial charge in [-0.2, -0.15) is 18.3 Å². The highest BCUT2D eigenvalue weighted by molar-refractivity contribution is 5.77. The Labute approximate surface area is 220 Å². The topological polar surface area (TPSA) is 96.8 Å². The van der Waals surface area contributed by atoms with E-state index in [0.29, 0.717) is 44.3 Å². The van der Waals surface area contributed by atoms with Gasteiger partial charge in [-0.1, -0.05) is 12.1 Å². The van der Waals surface area contributed by atoms with Crippen molar-refractivity contribution in [2.24, 2.45) is 0 Å². The number of piperidine rings is 1. The molecule has 0 aliphatic carbocycles. The summed E-state index contributed by atoms with van der Waals surface area (Å²) in [5.41, 5.74) is 0.452. The second-order valence-electron chi connectivity index (χ2n) is 10.2. The Morgan fingerprint density at radius 1 is 1.00 bits per heavy atom. The van der Waals surface area contributed by atoms with Crippen molar-refractivity contribution < 1.29 is 26.7 Å². The first-order valence-corrected chi connectivity index (χ1v) is 12.8. The zero-order valence-electron chi connectivity index (χ0n) is 20.9. The van der Waals surface area contributed by atoms with Crippen LogP contribution in [0, 0.1) is 11.6 Å². The van der Waals surface area contributed by atoms with Gasteiger partial charge in [-0.3, -0.25) is 9.59 Å². The Kier molecular flexibility index (Phi) is 7.50. The van der Waals surface area contributed by atoms with E-state index in [-0.39, 0.29) is 47.6 Å². The van der Waals surface area contributed by atoms with Gasteiger partial charge in [0.25, 0.3) is 5.56 Å². The van der Waals surface area contributed by atoms with Crippen molar-refractivity contribution in [1.29, 1.82) is 0 Å². The van der Waals surface area contributed by atoms with E-state index in [9.17, 15) is 31.5 Å². The number of hydrogen-bond donors (Lipinski definition) is 1. The highest BCUT2D eigenvalue weighted by atomic mass is 19.4. The molecule has 2 aliphatic rings. The summed E-state index contributed by atoms with van der Waals surface area (Å²) < 4.78 is 69.8. The summed E-state index contributed by atoms with van der Waals surface area (Å²) in [5, 5.41) is 14.0. The predicted octanol–water partition coefficient (Wildman–Crippen LogP) is 4.20. The number of nitrogens with one attached hydrogen (secondary N) is 1. The number of amides is 1. The van der Waals surface area contributed by atoms with Crippen LogP contribution in [0.1, 0.15) is 72.6 Å². The monoisotopic (exact) mass is 550 g/mol. The van der Waals surface area contributed by atoms with Crippen LogP contribution < -0.4 is 5.56 Å². The lowest BCUT2D eigenvalue weighted by molar-refractivity contribution is -0.133. The van der Waals surface area contributed by atoms with Crippen LogP contribution in [0.2, 0.25) is 0 Å². The first-order valence-electron chi connectivity index (χ1n) is 12.8. The van der Waals surface area contributed by atoms with Crippen LogP contribution in [0.3, 0.4) is 0 Å². The minimum atomic E-state index is -4.54. The minimum Gasteiger partial charge on any atom is -0.343 e. The second kappa shape index (κ2) is 10.9. The van der Waals surface area contributed by atoms with E-state index in [2.05, 4.69) is 20.4 Å². The number of fused-ring (bicyclic) bond motifs is 1. The number of carbonyl (C=O) groups excluding carboxylic acids is 1. The highest BCUT2D eigenvalue weighted by Gasteiger charge is 2.37. The van der Waals surface area contributed by atoms with E-state index < -0.39 is 36.1 Å². The van der Waals surface area contributed by atoms with E-state index in [1.807, 2.05) is 0 Å². The van der Waals surface area contributed by atoms with Gasteiger partial charge >= 0.3 is 6.18 Å². The van der Waals surface area contributed by atoms with Gasteiger partial charge in [0.2, 0.25) is 5.91 Å². The van der Waals surface area contributed by atoms with Crippen LogP contribution in [0.15, 0.2) is 35.3 Å². The number of hydrogen-bond acceptors (Lipinski definition) is 5. The molecule has 1 saturated heterocycles. The number of nitrogens with zero attached hydrogens (tertiary/aromatic N) is 5. The molecule has 1 fully saturated rings. The number of alkyl halides is 3. The van der Waals surface area contributed by atoms with Gasteiger partial charge in [-0.25, -0.2) is 13.9 Å². The molecule has 1 amide bonds. The fourth-order valence-electron chi connectivity index (χ4n) is 5.74. The third kappa shape index (κ3) is 5.86. The van der Waals surface area contributed by atoms with Crippen molar-refractivity contribution in [2.75, 3.05) is 13.1 Å². The molecular weight excluding hydrogens is 523 g/mol. The first kappa shape index (κ1) is 26.9. The van der Waals surface area contributed by atoms with Gasteiger partial charge in [0.1, 0.15) is 18.1 Å². The molecule has 0 bridgehead atoms. The number of aromatic nitrogens is 5. The third-order valence-corrected chi connectivity index (χ3v) is 7.73. The number of aromatic amines is 1. The summed E-state index contributed by atoms with van der Waals surface area (Å²) in [5.74, 6) is -3.45. The van der Waals surface area contributed by atoms with Crippen molar-refractivity contribution in [3.63, 3.8) is 0 Å². The largest absolute Gasteiger partial charge is 0.396 e. The Morgan fingerprint density at radius 3 is 2.49 bits per heavy atom. The number of likely N-dealkylation sites (tertiary alicyclic amines) is 1. The molecule has 0 radical (unpaired) electrons. The van der Waals surface area contributed by atoms with Gasteiger partial charge in [0.05, 0.1) is 0 Å². The Balaban J connectivity index is 1.34. The van der Waals surface area contributed by atoms with Gasteiger partial charge in [0.15, 0.2) is 11.6 Å². The molecule has 8 nitrogen and oxygen atoms in total. The minimum absolute atomic E-state index is 0.00299. The number of carbonyl (C=O) groups is 1. The summed E-state index contributed by atoms with van der Waals surface area (Å²) in [6, 6.07) is 5.47. The molecule has 2 aliphatic heterocycles. The average Bonchev–Trinajstić information content (AvgIpc) is 3.18. The second-order valence-corrected chi connectivity index (χ2v) is 10.2. The Bertz CT molecular complexity index is 1400. The molecule has 2 aromatic heterocycles. The van der Waals surface area contributed by atoms with Gasteiger partial charge < -0.3 is 9.47 Å². The smallest absolute Gasteiger partial charge is 0.343 e. The lowest BCUT2D eigenvalue weighted by Crippen LogP contribution is -2.39. The molecule has 1 N–H and O–H groups in total. The Morgan fingerprint density at radius 2 is 1.77 bits per heavy atom. The first-order chi connectivity index (χ1) is 18.6. The number of H-pyrrole nitrogens is 1. The maximum absolute atomic E-state index is 14.6. The number of rotatable bonds is 5. The zero-order chi connectivity index (χ0) is 27.7. The van der Waals surface area contributed by atoms with E-state index in [0.717, 1.165) is 6.07 Å². The van der Waals surface area contributed by atoms with Crippen LogP contribution in [0.25, 0.3) is 0 Å². The average molecular weight is 551 g/mol. The van der Waals surface area contributed by atoms with Crippen LogP contribution in [0.4, 0.5) is 22.0 Å². The standard InChI is InChI=1S/C26H27F5N6O2/c27-20-3-1-2-18(23(20)28)17-5-4-16(24-34-33-21(37(24)14-17)13-26(29,30)31)12-22(38)36-10-7-15(8-11-36)19-6-9-32-35-25(19)39/h1-3,6,9,15-17H,4-5,7-8,10-14H2,(H,35,39). The van der Waals surface area contributed by atoms with Crippen molar-refractivity contribution in [3.05, 3.63) is 75.2 Å². The summed E-state index contributed by atoms with van der Waals surface area (Å²) in [4.78, 5) is 27.1. The Hall–Kier alpha value is -3.64. The summed E-state index contributed by atoms with van der Waals surface area (Å²) >= 11 is 0.